The monoisotopic (exact) mass is 438 g/mol. The van der Waals surface area contributed by atoms with Crippen molar-refractivity contribution in [2.75, 3.05) is 5.73 Å². The zero-order valence-electron chi connectivity index (χ0n) is 14.9. The van der Waals surface area contributed by atoms with Crippen LogP contribution in [0.15, 0.2) is 30.5 Å². The van der Waals surface area contributed by atoms with Crippen LogP contribution in [-0.2, 0) is 12.8 Å². The molecule has 0 bridgehead atoms. The Hall–Kier alpha value is -1.86. The number of fused-ring (bicyclic) bond motifs is 1. The van der Waals surface area contributed by atoms with Crippen molar-refractivity contribution in [1.82, 2.24) is 4.98 Å². The number of aromatic nitrogens is 1. The minimum absolute atomic E-state index is 0.0732. The van der Waals surface area contributed by atoms with Gasteiger partial charge in [0.1, 0.15) is 11.9 Å². The molecular weight excluding hydrogens is 422 g/mol. The van der Waals surface area contributed by atoms with Gasteiger partial charge in [0, 0.05) is 38.5 Å². The average molecular weight is 439 g/mol. The summed E-state index contributed by atoms with van der Waals surface area (Å²) in [5, 5.41) is 10.0. The van der Waals surface area contributed by atoms with Crippen LogP contribution in [0.1, 0.15) is 29.0 Å². The molecule has 2 heterocycles. The quantitative estimate of drug-likeness (QED) is 0.532. The maximum absolute atomic E-state index is 13.8. The number of ether oxygens (including phenoxy) is 1. The van der Waals surface area contributed by atoms with Gasteiger partial charge in [-0.3, -0.25) is 0 Å². The van der Waals surface area contributed by atoms with Gasteiger partial charge in [0.25, 0.3) is 0 Å². The SMILES string of the molecule is C[C@@H](Oc1cc(-c2cc3c(s2)CC(O)C3)cnc1N)c1c(Cl)ccc(F)c1Cl. The van der Waals surface area contributed by atoms with E-state index >= 15 is 0 Å². The maximum Gasteiger partial charge on any atom is 0.166 e. The molecule has 0 amide bonds. The number of hydrogen-bond donors (Lipinski definition) is 2. The molecule has 4 rings (SSSR count). The zero-order valence-corrected chi connectivity index (χ0v) is 17.2. The lowest BCUT2D eigenvalue weighted by Crippen LogP contribution is -2.08. The largest absolute Gasteiger partial charge is 0.482 e. The van der Waals surface area contributed by atoms with Crippen molar-refractivity contribution < 1.29 is 14.2 Å². The lowest BCUT2D eigenvalue weighted by atomic mass is 10.1. The van der Waals surface area contributed by atoms with Gasteiger partial charge in [0.2, 0.25) is 0 Å². The first kappa shape index (κ1) is 19.5. The number of aliphatic hydroxyl groups is 1. The van der Waals surface area contributed by atoms with Crippen molar-refractivity contribution in [3.05, 3.63) is 62.3 Å². The fourth-order valence-electron chi connectivity index (χ4n) is 3.34. The number of anilines is 1. The normalized spacial score (nSPS) is 16.8. The van der Waals surface area contributed by atoms with Crippen molar-refractivity contribution in [1.29, 1.82) is 0 Å². The van der Waals surface area contributed by atoms with E-state index in [0.29, 0.717) is 29.2 Å². The molecule has 28 heavy (non-hydrogen) atoms. The minimum Gasteiger partial charge on any atom is -0.482 e. The Bertz CT molecular complexity index is 1030. The summed E-state index contributed by atoms with van der Waals surface area (Å²) in [6, 6.07) is 6.52. The molecule has 0 fully saturated rings. The summed E-state index contributed by atoms with van der Waals surface area (Å²) in [5.41, 5.74) is 8.37. The van der Waals surface area contributed by atoms with E-state index in [4.69, 9.17) is 33.7 Å². The Balaban J connectivity index is 1.63. The Morgan fingerprint density at radius 3 is 2.86 bits per heavy atom. The number of pyridine rings is 1. The molecule has 0 saturated carbocycles. The second-order valence-corrected chi connectivity index (χ2v) is 8.67. The van der Waals surface area contributed by atoms with Gasteiger partial charge in [0.05, 0.1) is 11.1 Å². The van der Waals surface area contributed by atoms with Crippen LogP contribution in [0, 0.1) is 5.82 Å². The highest BCUT2D eigenvalue weighted by Crippen LogP contribution is 2.40. The van der Waals surface area contributed by atoms with Gasteiger partial charge in [0.15, 0.2) is 11.6 Å². The number of halogens is 3. The van der Waals surface area contributed by atoms with E-state index in [9.17, 15) is 9.50 Å². The number of aliphatic hydroxyl groups excluding tert-OH is 1. The molecule has 1 aliphatic rings. The van der Waals surface area contributed by atoms with Crippen LogP contribution in [0.2, 0.25) is 10.0 Å². The lowest BCUT2D eigenvalue weighted by molar-refractivity contribution is 0.187. The third-order valence-corrected chi connectivity index (χ3v) is 6.69. The molecule has 0 aliphatic heterocycles. The van der Waals surface area contributed by atoms with Gasteiger partial charge in [-0.25, -0.2) is 9.37 Å². The lowest BCUT2D eigenvalue weighted by Gasteiger charge is -2.19. The zero-order chi connectivity index (χ0) is 20.0. The van der Waals surface area contributed by atoms with Crippen molar-refractivity contribution in [3.63, 3.8) is 0 Å². The molecule has 2 atom stereocenters. The Labute approximate surface area is 175 Å². The summed E-state index contributed by atoms with van der Waals surface area (Å²) in [6.45, 7) is 1.72. The summed E-state index contributed by atoms with van der Waals surface area (Å²) in [6.07, 6.45) is 2.12. The van der Waals surface area contributed by atoms with Crippen LogP contribution in [0.25, 0.3) is 10.4 Å². The van der Waals surface area contributed by atoms with Crippen molar-refractivity contribution in [2.24, 2.45) is 0 Å². The van der Waals surface area contributed by atoms with Crippen LogP contribution < -0.4 is 10.5 Å². The van der Waals surface area contributed by atoms with Crippen LogP contribution >= 0.6 is 34.5 Å². The van der Waals surface area contributed by atoms with Gasteiger partial charge in [-0.15, -0.1) is 11.3 Å². The van der Waals surface area contributed by atoms with Gasteiger partial charge in [-0.2, -0.15) is 0 Å². The van der Waals surface area contributed by atoms with Crippen molar-refractivity contribution in [2.45, 2.75) is 32.0 Å². The van der Waals surface area contributed by atoms with E-state index < -0.39 is 11.9 Å². The van der Waals surface area contributed by atoms with Gasteiger partial charge in [-0.05, 0) is 43.2 Å². The molecule has 3 aromatic rings. The molecule has 1 unspecified atom stereocenters. The van der Waals surface area contributed by atoms with E-state index in [2.05, 4.69) is 11.1 Å². The maximum atomic E-state index is 13.8. The number of nitrogens with zero attached hydrogens (tertiary/aromatic N) is 1. The Morgan fingerprint density at radius 2 is 2.11 bits per heavy atom. The third-order valence-electron chi connectivity index (χ3n) is 4.73. The number of nitrogens with two attached hydrogens (primary N) is 1. The van der Waals surface area contributed by atoms with Crippen molar-refractivity contribution in [3.8, 4) is 16.2 Å². The van der Waals surface area contributed by atoms with Crippen LogP contribution in [0.5, 0.6) is 5.75 Å². The molecule has 0 saturated heterocycles. The molecule has 2 aromatic heterocycles. The van der Waals surface area contributed by atoms with E-state index in [1.165, 1.54) is 22.6 Å². The summed E-state index contributed by atoms with van der Waals surface area (Å²) >= 11 is 13.9. The summed E-state index contributed by atoms with van der Waals surface area (Å²) in [4.78, 5) is 6.45. The number of rotatable bonds is 4. The van der Waals surface area contributed by atoms with E-state index in [-0.39, 0.29) is 16.9 Å². The Morgan fingerprint density at radius 1 is 1.32 bits per heavy atom. The highest BCUT2D eigenvalue weighted by atomic mass is 35.5. The van der Waals surface area contributed by atoms with E-state index in [1.807, 2.05) is 0 Å². The van der Waals surface area contributed by atoms with E-state index in [0.717, 1.165) is 10.4 Å². The molecule has 146 valence electrons. The first-order valence-electron chi connectivity index (χ1n) is 8.69. The summed E-state index contributed by atoms with van der Waals surface area (Å²) < 4.78 is 19.8. The van der Waals surface area contributed by atoms with Crippen LogP contribution in [-0.4, -0.2) is 16.2 Å². The summed E-state index contributed by atoms with van der Waals surface area (Å²) in [5.74, 6) is 0.0282. The molecule has 8 heteroatoms. The predicted molar refractivity (Wildman–Crippen MR) is 111 cm³/mol. The molecule has 0 spiro atoms. The second-order valence-electron chi connectivity index (χ2n) is 6.75. The van der Waals surface area contributed by atoms with Gasteiger partial charge in [-0.1, -0.05) is 23.2 Å². The molecular formula is C20H17Cl2FN2O2S. The first-order chi connectivity index (χ1) is 13.3. The van der Waals surface area contributed by atoms with Crippen molar-refractivity contribution >= 4 is 40.4 Å². The number of nitrogen functional groups attached to an aromatic ring is 1. The molecule has 0 radical (unpaired) electrons. The predicted octanol–water partition coefficient (Wildman–Crippen LogP) is 5.44. The smallest absolute Gasteiger partial charge is 0.166 e. The first-order valence-corrected chi connectivity index (χ1v) is 10.3. The van der Waals surface area contributed by atoms with Gasteiger partial charge >= 0.3 is 0 Å². The molecule has 3 N–H and O–H groups in total. The minimum atomic E-state index is -0.626. The van der Waals surface area contributed by atoms with Crippen LogP contribution in [0.3, 0.4) is 0 Å². The highest BCUT2D eigenvalue weighted by molar-refractivity contribution is 7.15. The molecule has 1 aromatic carbocycles. The van der Waals surface area contributed by atoms with E-state index in [1.54, 1.807) is 30.5 Å². The Kier molecular flexibility index (Phi) is 5.22. The fourth-order valence-corrected chi connectivity index (χ4v) is 5.27. The molecule has 4 nitrogen and oxygen atoms in total. The topological polar surface area (TPSA) is 68.4 Å². The highest BCUT2D eigenvalue weighted by Gasteiger charge is 2.24. The average Bonchev–Trinajstić information content (AvgIpc) is 3.18. The summed E-state index contributed by atoms with van der Waals surface area (Å²) in [7, 11) is 0. The standard InChI is InChI=1S/C20H17Cl2FN2O2S/c1-9(18-13(21)2-3-14(23)19(18)22)27-15-5-11(8-25-20(15)24)16-6-10-4-12(26)7-17(10)28-16/h2-3,5-6,8-9,12,26H,4,7H2,1H3,(H2,24,25)/t9-,12?/m1/s1. The third kappa shape index (κ3) is 3.57. The van der Waals surface area contributed by atoms with Crippen LogP contribution in [0.4, 0.5) is 10.2 Å². The number of benzene rings is 1. The van der Waals surface area contributed by atoms with Gasteiger partial charge < -0.3 is 15.6 Å². The second kappa shape index (κ2) is 7.52. The fraction of sp³-hybridized carbons (Fsp3) is 0.250. The number of hydrogen-bond acceptors (Lipinski definition) is 5. The number of thiophene rings is 1. The molecule has 1 aliphatic carbocycles.